The van der Waals surface area contributed by atoms with E-state index in [1.165, 1.54) is 18.2 Å². The second-order valence-corrected chi connectivity index (χ2v) is 5.99. The van der Waals surface area contributed by atoms with Gasteiger partial charge >= 0.3 is 0 Å². The monoisotopic (exact) mass is 370 g/mol. The zero-order valence-electron chi connectivity index (χ0n) is 13.6. The molecule has 1 amide bonds. The van der Waals surface area contributed by atoms with Crippen LogP contribution in [0.5, 0.6) is 0 Å². The molecule has 1 heterocycles. The van der Waals surface area contributed by atoms with Crippen LogP contribution in [0.2, 0.25) is 5.02 Å². The van der Waals surface area contributed by atoms with E-state index in [1.807, 2.05) is 18.2 Å². The Morgan fingerprint density at radius 3 is 2.92 bits per heavy atom. The molecule has 2 N–H and O–H groups in total. The Labute approximate surface area is 154 Å². The molecule has 2 aromatic carbocycles. The van der Waals surface area contributed by atoms with Crippen LogP contribution in [0.3, 0.4) is 0 Å². The number of benzene rings is 2. The Morgan fingerprint density at radius 1 is 1.35 bits per heavy atom. The number of anilines is 1. The highest BCUT2D eigenvalue weighted by molar-refractivity contribution is 6.32. The highest BCUT2D eigenvalue weighted by Crippen LogP contribution is 2.30. The lowest BCUT2D eigenvalue weighted by molar-refractivity contribution is -0.384. The average molecular weight is 371 g/mol. The number of nitrogens with one attached hydrogen (secondary N) is 2. The van der Waals surface area contributed by atoms with Crippen LogP contribution in [0.15, 0.2) is 53.5 Å². The van der Waals surface area contributed by atoms with Crippen LogP contribution in [0.4, 0.5) is 17.1 Å². The normalized spacial score (nSPS) is 15.8. The van der Waals surface area contributed by atoms with Crippen molar-refractivity contribution in [2.24, 2.45) is 4.99 Å². The van der Waals surface area contributed by atoms with E-state index < -0.39 is 4.92 Å². The zero-order chi connectivity index (χ0) is 18.5. The molecule has 1 aliphatic rings. The van der Waals surface area contributed by atoms with Gasteiger partial charge in [0.1, 0.15) is 0 Å². The number of non-ortho nitro benzene ring substituents is 1. The predicted octanol–water partition coefficient (Wildman–Crippen LogP) is 3.57. The lowest BCUT2D eigenvalue weighted by atomic mass is 10.2. The van der Waals surface area contributed by atoms with Crippen LogP contribution < -0.4 is 10.6 Å². The number of hydrogen-bond donors (Lipinski definition) is 2. The first-order valence-electron chi connectivity index (χ1n) is 7.82. The van der Waals surface area contributed by atoms with Crippen molar-refractivity contribution in [3.05, 3.63) is 69.2 Å². The minimum atomic E-state index is -0.463. The SMILES string of the molecule is O=C(/C=C/c1ccccc1Cl)NC1C=Nc2ccc([N+](=O)[O-])cc2NC1. The van der Waals surface area contributed by atoms with Crippen molar-refractivity contribution in [1.29, 1.82) is 0 Å². The standard InChI is InChI=1S/C18H15ClN4O3/c19-15-4-2-1-3-12(15)5-8-18(24)22-13-10-20-16-7-6-14(23(25)26)9-17(16)21-11-13/h1-10,13,21H,11H2,(H,22,24)/b8-5+. The molecule has 1 unspecified atom stereocenters. The number of carbonyl (C=O) groups excluding carboxylic acids is 1. The summed E-state index contributed by atoms with van der Waals surface area (Å²) in [6.07, 6.45) is 4.64. The summed E-state index contributed by atoms with van der Waals surface area (Å²) in [4.78, 5) is 26.8. The number of aliphatic imine (C=N–C) groups is 1. The fraction of sp³-hybridized carbons (Fsp3) is 0.111. The van der Waals surface area contributed by atoms with Gasteiger partial charge in [-0.2, -0.15) is 0 Å². The molecule has 0 bridgehead atoms. The van der Waals surface area contributed by atoms with Gasteiger partial charge in [-0.15, -0.1) is 0 Å². The van der Waals surface area contributed by atoms with Crippen molar-refractivity contribution in [3.8, 4) is 0 Å². The number of halogens is 1. The summed E-state index contributed by atoms with van der Waals surface area (Å²) < 4.78 is 0. The van der Waals surface area contributed by atoms with E-state index in [0.717, 1.165) is 5.56 Å². The molecular weight excluding hydrogens is 356 g/mol. The largest absolute Gasteiger partial charge is 0.381 e. The van der Waals surface area contributed by atoms with E-state index in [1.54, 1.807) is 24.4 Å². The second kappa shape index (κ2) is 7.79. The Morgan fingerprint density at radius 2 is 2.15 bits per heavy atom. The van der Waals surface area contributed by atoms with Crippen LogP contribution in [0.1, 0.15) is 5.56 Å². The number of fused-ring (bicyclic) bond motifs is 1. The van der Waals surface area contributed by atoms with Crippen LogP contribution in [-0.2, 0) is 4.79 Å². The summed E-state index contributed by atoms with van der Waals surface area (Å²) in [7, 11) is 0. The third kappa shape index (κ3) is 4.25. The summed E-state index contributed by atoms with van der Waals surface area (Å²) in [6, 6.07) is 11.2. The van der Waals surface area contributed by atoms with Crippen molar-refractivity contribution in [3.63, 3.8) is 0 Å². The van der Waals surface area contributed by atoms with Gasteiger partial charge < -0.3 is 10.6 Å². The number of nitro groups is 1. The Bertz CT molecular complexity index is 911. The van der Waals surface area contributed by atoms with Gasteiger partial charge in [0.05, 0.1) is 22.3 Å². The maximum Gasteiger partial charge on any atom is 0.271 e. The van der Waals surface area contributed by atoms with E-state index in [0.29, 0.717) is 22.9 Å². The molecule has 0 radical (unpaired) electrons. The number of rotatable bonds is 4. The van der Waals surface area contributed by atoms with Crippen molar-refractivity contribution in [2.45, 2.75) is 6.04 Å². The van der Waals surface area contributed by atoms with Gasteiger partial charge in [0.2, 0.25) is 5.91 Å². The lowest BCUT2D eigenvalue weighted by Gasteiger charge is -2.12. The van der Waals surface area contributed by atoms with Gasteiger partial charge in [0.25, 0.3) is 5.69 Å². The molecule has 2 aromatic rings. The molecule has 0 saturated carbocycles. The molecule has 0 fully saturated rings. The zero-order valence-corrected chi connectivity index (χ0v) is 14.3. The molecule has 0 spiro atoms. The molecule has 0 aromatic heterocycles. The fourth-order valence-electron chi connectivity index (χ4n) is 2.43. The van der Waals surface area contributed by atoms with Gasteiger partial charge in [-0.25, -0.2) is 0 Å². The van der Waals surface area contributed by atoms with Crippen molar-refractivity contribution >= 4 is 46.9 Å². The quantitative estimate of drug-likeness (QED) is 0.488. The second-order valence-electron chi connectivity index (χ2n) is 5.59. The highest BCUT2D eigenvalue weighted by Gasteiger charge is 2.16. The van der Waals surface area contributed by atoms with Gasteiger partial charge in [0, 0.05) is 36.0 Å². The lowest BCUT2D eigenvalue weighted by Crippen LogP contribution is -2.39. The Hall–Kier alpha value is -3.19. The minimum Gasteiger partial charge on any atom is -0.381 e. The summed E-state index contributed by atoms with van der Waals surface area (Å²) in [6.45, 7) is 0.364. The third-order valence-electron chi connectivity index (χ3n) is 3.74. The number of carbonyl (C=O) groups is 1. The van der Waals surface area contributed by atoms with Crippen molar-refractivity contribution in [1.82, 2.24) is 5.32 Å². The van der Waals surface area contributed by atoms with Crippen molar-refractivity contribution < 1.29 is 9.72 Å². The molecule has 7 nitrogen and oxygen atoms in total. The maximum atomic E-state index is 12.1. The molecule has 26 heavy (non-hydrogen) atoms. The predicted molar refractivity (Wildman–Crippen MR) is 102 cm³/mol. The van der Waals surface area contributed by atoms with E-state index in [9.17, 15) is 14.9 Å². The fourth-order valence-corrected chi connectivity index (χ4v) is 2.63. The first kappa shape index (κ1) is 17.6. The minimum absolute atomic E-state index is 0.0170. The number of nitro benzene ring substituents is 1. The molecule has 0 aliphatic carbocycles. The number of amides is 1. The first-order valence-corrected chi connectivity index (χ1v) is 8.20. The molecule has 1 atom stereocenters. The van der Waals surface area contributed by atoms with Crippen molar-refractivity contribution in [2.75, 3.05) is 11.9 Å². The summed E-state index contributed by atoms with van der Waals surface area (Å²) in [5.74, 6) is -0.292. The first-order chi connectivity index (χ1) is 12.5. The van der Waals surface area contributed by atoms with E-state index in [-0.39, 0.29) is 17.6 Å². The Balaban J connectivity index is 1.64. The van der Waals surface area contributed by atoms with Gasteiger partial charge in [0.15, 0.2) is 0 Å². The van der Waals surface area contributed by atoms with E-state index >= 15 is 0 Å². The topological polar surface area (TPSA) is 96.6 Å². The molecule has 3 rings (SSSR count). The van der Waals surface area contributed by atoms with Crippen LogP contribution >= 0.6 is 11.6 Å². The third-order valence-corrected chi connectivity index (χ3v) is 4.09. The van der Waals surface area contributed by atoms with E-state index in [2.05, 4.69) is 15.6 Å². The summed E-state index contributed by atoms with van der Waals surface area (Å²) in [5, 5.41) is 17.3. The number of nitrogens with zero attached hydrogens (tertiary/aromatic N) is 2. The van der Waals surface area contributed by atoms with Crippen LogP contribution in [0.25, 0.3) is 6.08 Å². The van der Waals surface area contributed by atoms with Crippen LogP contribution in [-0.4, -0.2) is 29.6 Å². The maximum absolute atomic E-state index is 12.1. The van der Waals surface area contributed by atoms with Crippen LogP contribution in [0, 0.1) is 10.1 Å². The van der Waals surface area contributed by atoms with E-state index in [4.69, 9.17) is 11.6 Å². The Kier molecular flexibility index (Phi) is 5.28. The average Bonchev–Trinajstić information content (AvgIpc) is 2.83. The molecule has 0 saturated heterocycles. The van der Waals surface area contributed by atoms with Gasteiger partial charge in [-0.05, 0) is 23.8 Å². The molecule has 1 aliphatic heterocycles. The summed E-state index contributed by atoms with van der Waals surface area (Å²) in [5.41, 5.74) is 1.87. The number of hydrogen-bond acceptors (Lipinski definition) is 5. The molecule has 8 heteroatoms. The summed E-state index contributed by atoms with van der Waals surface area (Å²) >= 11 is 6.05. The van der Waals surface area contributed by atoms with Gasteiger partial charge in [-0.3, -0.25) is 19.9 Å². The smallest absolute Gasteiger partial charge is 0.271 e. The van der Waals surface area contributed by atoms with Gasteiger partial charge in [-0.1, -0.05) is 29.8 Å². The molecule has 132 valence electrons. The molecular formula is C18H15ClN4O3. The highest BCUT2D eigenvalue weighted by atomic mass is 35.5.